The van der Waals surface area contributed by atoms with E-state index < -0.39 is 0 Å². The Labute approximate surface area is 113 Å². The van der Waals surface area contributed by atoms with Crippen LogP contribution in [-0.2, 0) is 4.74 Å². The van der Waals surface area contributed by atoms with Gasteiger partial charge in [-0.25, -0.2) is 14.8 Å². The maximum atomic E-state index is 11.9. The average Bonchev–Trinajstić information content (AvgIpc) is 2.82. The summed E-state index contributed by atoms with van der Waals surface area (Å²) in [4.78, 5) is 20.1. The Balaban J connectivity index is 2.34. The normalized spacial score (nSPS) is 10.3. The minimum absolute atomic E-state index is 0.344. The molecule has 0 aliphatic carbocycles. The van der Waals surface area contributed by atoms with Gasteiger partial charge < -0.3 is 4.74 Å². The van der Waals surface area contributed by atoms with Crippen LogP contribution in [0.1, 0.15) is 23.0 Å². The average molecular weight is 280 g/mol. The van der Waals surface area contributed by atoms with Crippen molar-refractivity contribution in [1.29, 1.82) is 0 Å². The van der Waals surface area contributed by atoms with Crippen LogP contribution >= 0.6 is 23.1 Å². The van der Waals surface area contributed by atoms with Crippen LogP contribution in [0.2, 0.25) is 0 Å². The van der Waals surface area contributed by atoms with Crippen molar-refractivity contribution in [2.24, 2.45) is 0 Å². The molecule has 4 nitrogen and oxygen atoms in total. The Hall–Kier alpha value is -1.40. The molecule has 6 heteroatoms. The van der Waals surface area contributed by atoms with Crippen LogP contribution in [0.3, 0.4) is 0 Å². The summed E-state index contributed by atoms with van der Waals surface area (Å²) in [5, 5.41) is 2.63. The smallest absolute Gasteiger partial charge is 0.342 e. The number of rotatable bonds is 4. The van der Waals surface area contributed by atoms with Gasteiger partial charge in [-0.05, 0) is 25.3 Å². The number of hydrogen-bond acceptors (Lipinski definition) is 6. The molecule has 0 radical (unpaired) electrons. The lowest BCUT2D eigenvalue weighted by atomic mass is 10.2. The molecule has 0 aliphatic heterocycles. The molecule has 94 valence electrons. The minimum Gasteiger partial charge on any atom is -0.462 e. The maximum absolute atomic E-state index is 11.9. The molecule has 18 heavy (non-hydrogen) atoms. The molecular weight excluding hydrogens is 268 g/mol. The van der Waals surface area contributed by atoms with Crippen LogP contribution in [0.5, 0.6) is 0 Å². The molecule has 0 fully saturated rings. The fraction of sp³-hybridized carbons (Fsp3) is 0.250. The zero-order valence-corrected chi connectivity index (χ0v) is 11.7. The van der Waals surface area contributed by atoms with Crippen molar-refractivity contribution in [2.75, 3.05) is 6.61 Å². The molecule has 2 rings (SSSR count). The van der Waals surface area contributed by atoms with Crippen molar-refractivity contribution < 1.29 is 9.53 Å². The molecular formula is C12H12N2O2S2. The van der Waals surface area contributed by atoms with Gasteiger partial charge in [-0.15, -0.1) is 11.3 Å². The van der Waals surface area contributed by atoms with Crippen molar-refractivity contribution in [3.63, 3.8) is 0 Å². The van der Waals surface area contributed by atoms with E-state index in [-0.39, 0.29) is 5.97 Å². The highest BCUT2D eigenvalue weighted by Crippen LogP contribution is 2.32. The molecule has 0 aliphatic rings. The summed E-state index contributed by atoms with van der Waals surface area (Å²) in [6.45, 7) is 3.91. The number of aryl methyl sites for hydroxylation is 1. The van der Waals surface area contributed by atoms with E-state index in [4.69, 9.17) is 4.74 Å². The fourth-order valence-electron chi connectivity index (χ4n) is 1.38. The van der Waals surface area contributed by atoms with Crippen molar-refractivity contribution in [1.82, 2.24) is 9.97 Å². The lowest BCUT2D eigenvalue weighted by Crippen LogP contribution is -2.10. The number of nitrogens with zero attached hydrogens (tertiary/aromatic N) is 2. The highest BCUT2D eigenvalue weighted by molar-refractivity contribution is 8.01. The third kappa shape index (κ3) is 2.88. The van der Waals surface area contributed by atoms with Crippen molar-refractivity contribution in [2.45, 2.75) is 23.1 Å². The molecule has 0 bridgehead atoms. The Bertz CT molecular complexity index is 541. The summed E-state index contributed by atoms with van der Waals surface area (Å²) < 4.78 is 6.12. The van der Waals surface area contributed by atoms with Gasteiger partial charge in [-0.3, -0.25) is 0 Å². The zero-order chi connectivity index (χ0) is 13.0. The quantitative estimate of drug-likeness (QED) is 0.636. The lowest BCUT2D eigenvalue weighted by Gasteiger charge is -2.08. The second-order valence-corrected chi connectivity index (χ2v) is 5.63. The van der Waals surface area contributed by atoms with E-state index in [9.17, 15) is 4.79 Å². The number of aromatic nitrogens is 2. The number of carbonyl (C=O) groups is 1. The number of ether oxygens (including phenoxy) is 1. The summed E-state index contributed by atoms with van der Waals surface area (Å²) in [5.74, 6) is -0.366. The monoisotopic (exact) mass is 280 g/mol. The van der Waals surface area contributed by atoms with Gasteiger partial charge in [0.05, 0.1) is 16.5 Å². The summed E-state index contributed by atoms with van der Waals surface area (Å²) >= 11 is 3.06. The molecule has 0 amide bonds. The van der Waals surface area contributed by atoms with Gasteiger partial charge in [-0.1, -0.05) is 17.8 Å². The van der Waals surface area contributed by atoms with Crippen molar-refractivity contribution >= 4 is 29.1 Å². The van der Waals surface area contributed by atoms with Crippen LogP contribution in [-0.4, -0.2) is 22.5 Å². The minimum atomic E-state index is -0.366. The van der Waals surface area contributed by atoms with Gasteiger partial charge in [0.25, 0.3) is 0 Å². The molecule has 2 aromatic rings. The first-order chi connectivity index (χ1) is 8.72. The van der Waals surface area contributed by atoms with Crippen molar-refractivity contribution in [3.05, 3.63) is 35.1 Å². The molecule has 0 saturated carbocycles. The van der Waals surface area contributed by atoms with Gasteiger partial charge in [0.2, 0.25) is 0 Å². The van der Waals surface area contributed by atoms with E-state index in [1.54, 1.807) is 25.2 Å². The number of carbonyl (C=O) groups excluding carboxylic acids is 1. The number of esters is 1. The third-order valence-corrected chi connectivity index (χ3v) is 4.21. The van der Waals surface area contributed by atoms with E-state index in [2.05, 4.69) is 9.97 Å². The first-order valence-electron chi connectivity index (χ1n) is 5.42. The Kier molecular flexibility index (Phi) is 4.33. The molecule has 2 heterocycles. The van der Waals surface area contributed by atoms with Gasteiger partial charge in [0, 0.05) is 0 Å². The molecule has 0 N–H and O–H groups in total. The standard InChI is InChI=1S/C12H12N2O2S2/c1-3-16-12(15)10-8(2)13-7-14-11(10)18-9-5-4-6-17-9/h4-7H,3H2,1-2H3. The summed E-state index contributed by atoms with van der Waals surface area (Å²) in [7, 11) is 0. The van der Waals surface area contributed by atoms with Crippen LogP contribution in [0.25, 0.3) is 0 Å². The van der Waals surface area contributed by atoms with Gasteiger partial charge in [-0.2, -0.15) is 0 Å². The first kappa shape index (κ1) is 13.0. The topological polar surface area (TPSA) is 52.1 Å². The molecule has 0 unspecified atom stereocenters. The second kappa shape index (κ2) is 5.97. The van der Waals surface area contributed by atoms with E-state index in [1.807, 2.05) is 17.5 Å². The van der Waals surface area contributed by atoms with Gasteiger partial charge in [0.15, 0.2) is 0 Å². The molecule has 0 spiro atoms. The predicted molar refractivity (Wildman–Crippen MR) is 71.2 cm³/mol. The first-order valence-corrected chi connectivity index (χ1v) is 7.12. The Morgan fingerprint density at radius 3 is 3.00 bits per heavy atom. The second-order valence-electron chi connectivity index (χ2n) is 3.39. The zero-order valence-electron chi connectivity index (χ0n) is 10.0. The van der Waals surface area contributed by atoms with Crippen LogP contribution in [0, 0.1) is 6.92 Å². The summed E-state index contributed by atoms with van der Waals surface area (Å²) in [6.07, 6.45) is 1.47. The van der Waals surface area contributed by atoms with Gasteiger partial charge in [0.1, 0.15) is 16.9 Å². The molecule has 2 aromatic heterocycles. The van der Waals surface area contributed by atoms with Crippen LogP contribution in [0.15, 0.2) is 33.1 Å². The van der Waals surface area contributed by atoms with Crippen LogP contribution in [0.4, 0.5) is 0 Å². The summed E-state index contributed by atoms with van der Waals surface area (Å²) in [6, 6.07) is 3.95. The molecule has 0 aromatic carbocycles. The SMILES string of the molecule is CCOC(=O)c1c(C)ncnc1Sc1cccs1. The predicted octanol–water partition coefficient (Wildman–Crippen LogP) is 3.17. The lowest BCUT2D eigenvalue weighted by molar-refractivity contribution is 0.0519. The maximum Gasteiger partial charge on any atom is 0.342 e. The Morgan fingerprint density at radius 2 is 2.33 bits per heavy atom. The van der Waals surface area contributed by atoms with Gasteiger partial charge >= 0.3 is 5.97 Å². The molecule has 0 atom stereocenters. The number of thiophene rings is 1. The van der Waals surface area contributed by atoms with E-state index in [1.165, 1.54) is 18.1 Å². The van der Waals surface area contributed by atoms with E-state index >= 15 is 0 Å². The van der Waals surface area contributed by atoms with E-state index in [0.29, 0.717) is 22.9 Å². The molecule has 0 saturated heterocycles. The van der Waals surface area contributed by atoms with Crippen LogP contribution < -0.4 is 0 Å². The number of hydrogen-bond donors (Lipinski definition) is 0. The van der Waals surface area contributed by atoms with E-state index in [0.717, 1.165) is 4.21 Å². The highest BCUT2D eigenvalue weighted by Gasteiger charge is 2.18. The largest absolute Gasteiger partial charge is 0.462 e. The Morgan fingerprint density at radius 1 is 1.50 bits per heavy atom. The van der Waals surface area contributed by atoms with Crippen molar-refractivity contribution in [3.8, 4) is 0 Å². The third-order valence-electron chi connectivity index (χ3n) is 2.17. The highest BCUT2D eigenvalue weighted by atomic mass is 32.2. The fourth-order valence-corrected chi connectivity index (χ4v) is 3.20. The summed E-state index contributed by atoms with van der Waals surface area (Å²) in [5.41, 5.74) is 1.10.